The number of amides is 1. The van der Waals surface area contributed by atoms with E-state index in [1.807, 2.05) is 61.5 Å². The number of thioether (sulfide) groups is 1. The quantitative estimate of drug-likeness (QED) is 0.680. The molecule has 0 N–H and O–H groups in total. The van der Waals surface area contributed by atoms with E-state index >= 15 is 0 Å². The Labute approximate surface area is 148 Å². The molecule has 0 unspecified atom stereocenters. The van der Waals surface area contributed by atoms with Gasteiger partial charge in [0.05, 0.1) is 10.6 Å². The molecule has 0 spiro atoms. The van der Waals surface area contributed by atoms with Crippen LogP contribution in [0.1, 0.15) is 11.1 Å². The van der Waals surface area contributed by atoms with Crippen molar-refractivity contribution in [2.45, 2.75) is 6.92 Å². The van der Waals surface area contributed by atoms with Crippen LogP contribution >= 0.6 is 27.7 Å². The molecule has 0 atom stereocenters. The van der Waals surface area contributed by atoms with Gasteiger partial charge in [-0.25, -0.2) is 4.99 Å². The van der Waals surface area contributed by atoms with Crippen molar-refractivity contribution in [2.75, 3.05) is 7.05 Å². The van der Waals surface area contributed by atoms with Gasteiger partial charge in [0.2, 0.25) is 0 Å². The molecule has 2 aromatic rings. The largest absolute Gasteiger partial charge is 0.290 e. The Morgan fingerprint density at radius 2 is 1.91 bits per heavy atom. The maximum absolute atomic E-state index is 12.4. The Balaban J connectivity index is 1.89. The van der Waals surface area contributed by atoms with Crippen LogP contribution in [0.5, 0.6) is 0 Å². The molecule has 0 aliphatic carbocycles. The summed E-state index contributed by atoms with van der Waals surface area (Å²) in [6.45, 7) is 2.04. The van der Waals surface area contributed by atoms with Crippen molar-refractivity contribution in [3.05, 3.63) is 69.0 Å². The first-order valence-corrected chi connectivity index (χ1v) is 8.72. The van der Waals surface area contributed by atoms with Gasteiger partial charge in [-0.05, 0) is 54.6 Å². The number of carbonyl (C=O) groups is 1. The molecule has 1 amide bonds. The average Bonchev–Trinajstić information content (AvgIpc) is 2.78. The molecule has 0 radical (unpaired) electrons. The monoisotopic (exact) mass is 386 g/mol. The molecule has 5 heteroatoms. The van der Waals surface area contributed by atoms with Crippen molar-refractivity contribution in [2.24, 2.45) is 4.99 Å². The number of halogens is 1. The number of nitrogens with zero attached hydrogens (tertiary/aromatic N) is 2. The Hall–Kier alpha value is -1.85. The van der Waals surface area contributed by atoms with E-state index in [4.69, 9.17) is 0 Å². The van der Waals surface area contributed by atoms with E-state index in [1.165, 1.54) is 17.3 Å². The molecule has 3 nitrogen and oxygen atoms in total. The predicted molar refractivity (Wildman–Crippen MR) is 101 cm³/mol. The molecule has 1 fully saturated rings. The Kier molecular flexibility index (Phi) is 4.68. The number of aliphatic imine (C=N–C) groups is 1. The van der Waals surface area contributed by atoms with Gasteiger partial charge in [-0.2, -0.15) is 0 Å². The summed E-state index contributed by atoms with van der Waals surface area (Å²) in [7, 11) is 1.75. The predicted octanol–water partition coefficient (Wildman–Crippen LogP) is 4.99. The van der Waals surface area contributed by atoms with Gasteiger partial charge in [-0.1, -0.05) is 45.8 Å². The van der Waals surface area contributed by atoms with Crippen LogP contribution in [0, 0.1) is 6.92 Å². The van der Waals surface area contributed by atoms with Crippen LogP contribution in [0.15, 0.2) is 62.9 Å². The number of carbonyl (C=O) groups excluding carboxylic acids is 1. The lowest BCUT2D eigenvalue weighted by molar-refractivity contribution is -0.121. The van der Waals surface area contributed by atoms with Crippen molar-refractivity contribution in [1.29, 1.82) is 0 Å². The molecular weight excluding hydrogens is 372 g/mol. The lowest BCUT2D eigenvalue weighted by Crippen LogP contribution is -2.23. The molecule has 116 valence electrons. The maximum atomic E-state index is 12.4. The fourth-order valence-electron chi connectivity index (χ4n) is 2.13. The summed E-state index contributed by atoms with van der Waals surface area (Å²) < 4.78 is 0.990. The molecule has 1 aliphatic heterocycles. The number of hydrogen-bond acceptors (Lipinski definition) is 3. The van der Waals surface area contributed by atoms with Crippen LogP contribution in [0.2, 0.25) is 0 Å². The molecule has 1 saturated heterocycles. The third kappa shape index (κ3) is 3.74. The minimum atomic E-state index is -0.0270. The smallest absolute Gasteiger partial charge is 0.266 e. The third-order valence-corrected chi connectivity index (χ3v) is 4.96. The van der Waals surface area contributed by atoms with E-state index in [0.717, 1.165) is 15.7 Å². The SMILES string of the molecule is Cc1ccc(N=C2S/C(=C/c3cccc(Br)c3)C(=O)N2C)cc1. The van der Waals surface area contributed by atoms with Gasteiger partial charge < -0.3 is 0 Å². The Bertz CT molecular complexity index is 812. The number of rotatable bonds is 2. The van der Waals surface area contributed by atoms with Gasteiger partial charge in [0.1, 0.15) is 0 Å². The first kappa shape index (κ1) is 16.0. The van der Waals surface area contributed by atoms with Crippen molar-refractivity contribution in [3.8, 4) is 0 Å². The van der Waals surface area contributed by atoms with Gasteiger partial charge >= 0.3 is 0 Å². The number of amidine groups is 1. The fourth-order valence-corrected chi connectivity index (χ4v) is 3.53. The highest BCUT2D eigenvalue weighted by Gasteiger charge is 2.30. The minimum Gasteiger partial charge on any atom is -0.290 e. The van der Waals surface area contributed by atoms with Crippen LogP contribution in [-0.4, -0.2) is 23.0 Å². The van der Waals surface area contributed by atoms with Gasteiger partial charge in [0.25, 0.3) is 5.91 Å². The topological polar surface area (TPSA) is 32.7 Å². The van der Waals surface area contributed by atoms with Crippen molar-refractivity contribution in [1.82, 2.24) is 4.90 Å². The standard InChI is InChI=1S/C18H15BrN2OS/c1-12-6-8-15(9-7-12)20-18-21(2)17(22)16(23-18)11-13-4-3-5-14(19)10-13/h3-11H,1-2H3/b16-11+,20-18?. The zero-order chi connectivity index (χ0) is 16.4. The summed E-state index contributed by atoms with van der Waals surface area (Å²) in [5.74, 6) is -0.0270. The molecule has 0 bridgehead atoms. The highest BCUT2D eigenvalue weighted by Crippen LogP contribution is 2.33. The Morgan fingerprint density at radius 3 is 2.61 bits per heavy atom. The maximum Gasteiger partial charge on any atom is 0.266 e. The highest BCUT2D eigenvalue weighted by molar-refractivity contribution is 9.10. The lowest BCUT2D eigenvalue weighted by atomic mass is 10.2. The number of hydrogen-bond donors (Lipinski definition) is 0. The second-order valence-corrected chi connectivity index (χ2v) is 7.18. The number of aryl methyl sites for hydroxylation is 1. The van der Waals surface area contributed by atoms with E-state index in [0.29, 0.717) is 10.1 Å². The van der Waals surface area contributed by atoms with Crippen molar-refractivity contribution in [3.63, 3.8) is 0 Å². The highest BCUT2D eigenvalue weighted by atomic mass is 79.9. The molecular formula is C18H15BrN2OS. The molecule has 3 rings (SSSR count). The minimum absolute atomic E-state index is 0.0270. The molecule has 23 heavy (non-hydrogen) atoms. The van der Waals surface area contributed by atoms with Crippen molar-refractivity contribution >= 4 is 50.5 Å². The molecule has 0 aromatic heterocycles. The van der Waals surface area contributed by atoms with E-state index in [2.05, 4.69) is 20.9 Å². The summed E-state index contributed by atoms with van der Waals surface area (Å²) in [5, 5.41) is 0.695. The second-order valence-electron chi connectivity index (χ2n) is 5.26. The fraction of sp³-hybridized carbons (Fsp3) is 0.111. The first-order chi connectivity index (χ1) is 11.0. The van der Waals surface area contributed by atoms with Crippen LogP contribution < -0.4 is 0 Å². The first-order valence-electron chi connectivity index (χ1n) is 7.11. The summed E-state index contributed by atoms with van der Waals surface area (Å²) in [6.07, 6.45) is 1.89. The summed E-state index contributed by atoms with van der Waals surface area (Å²) in [4.78, 5) is 19.2. The molecule has 0 saturated carbocycles. The van der Waals surface area contributed by atoms with Crippen molar-refractivity contribution < 1.29 is 4.79 Å². The molecule has 1 aliphatic rings. The van der Waals surface area contributed by atoms with Crippen LogP contribution in [-0.2, 0) is 4.79 Å². The van der Waals surface area contributed by atoms with Gasteiger partial charge in [0.15, 0.2) is 5.17 Å². The van der Waals surface area contributed by atoms with E-state index in [9.17, 15) is 4.79 Å². The lowest BCUT2D eigenvalue weighted by Gasteiger charge is -2.07. The summed E-state index contributed by atoms with van der Waals surface area (Å²) >= 11 is 4.84. The van der Waals surface area contributed by atoms with E-state index < -0.39 is 0 Å². The van der Waals surface area contributed by atoms with Crippen LogP contribution in [0.4, 0.5) is 5.69 Å². The number of benzene rings is 2. The average molecular weight is 387 g/mol. The van der Waals surface area contributed by atoms with Gasteiger partial charge in [-0.3, -0.25) is 9.69 Å². The third-order valence-electron chi connectivity index (χ3n) is 3.41. The van der Waals surface area contributed by atoms with Crippen LogP contribution in [0.25, 0.3) is 6.08 Å². The Morgan fingerprint density at radius 1 is 1.17 bits per heavy atom. The molecule has 1 heterocycles. The summed E-state index contributed by atoms with van der Waals surface area (Å²) in [6, 6.07) is 15.8. The second kappa shape index (κ2) is 6.72. The van der Waals surface area contributed by atoms with Gasteiger partial charge in [0, 0.05) is 11.5 Å². The zero-order valence-corrected chi connectivity index (χ0v) is 15.2. The van der Waals surface area contributed by atoms with E-state index in [1.54, 1.807) is 11.9 Å². The zero-order valence-electron chi connectivity index (χ0n) is 12.8. The summed E-state index contributed by atoms with van der Waals surface area (Å²) in [5.41, 5.74) is 3.02. The van der Waals surface area contributed by atoms with Crippen LogP contribution in [0.3, 0.4) is 0 Å². The number of likely N-dealkylation sites (N-methyl/N-ethyl adjacent to an activating group) is 1. The van der Waals surface area contributed by atoms with Gasteiger partial charge in [-0.15, -0.1) is 0 Å². The normalized spacial score (nSPS) is 18.2. The molecule has 2 aromatic carbocycles. The van der Waals surface area contributed by atoms with E-state index in [-0.39, 0.29) is 5.91 Å².